The molecule has 0 spiro atoms. The molecule has 4 heteroatoms. The van der Waals surface area contributed by atoms with E-state index in [1.165, 1.54) is 0 Å². The van der Waals surface area contributed by atoms with Crippen LogP contribution in [0.5, 0.6) is 0 Å². The standard InChI is InChI=1S/C11H21NO3/c1-9(2)5-4-8-12(3)10(13)6-7-11(14)15/h9H,4-8H2,1-3H3,(H,14,15). The van der Waals surface area contributed by atoms with Gasteiger partial charge in [0.1, 0.15) is 0 Å². The van der Waals surface area contributed by atoms with Gasteiger partial charge in [-0.3, -0.25) is 9.59 Å². The average Bonchev–Trinajstić information content (AvgIpc) is 2.13. The minimum atomic E-state index is -0.918. The normalized spacial score (nSPS) is 10.4. The number of nitrogens with zero attached hydrogens (tertiary/aromatic N) is 1. The highest BCUT2D eigenvalue weighted by atomic mass is 16.4. The van der Waals surface area contributed by atoms with Crippen LogP contribution in [-0.2, 0) is 9.59 Å². The van der Waals surface area contributed by atoms with Crippen molar-refractivity contribution in [1.29, 1.82) is 0 Å². The van der Waals surface area contributed by atoms with Crippen molar-refractivity contribution in [3.63, 3.8) is 0 Å². The zero-order valence-electron chi connectivity index (χ0n) is 9.82. The lowest BCUT2D eigenvalue weighted by Gasteiger charge is -2.17. The molecule has 4 nitrogen and oxygen atoms in total. The van der Waals surface area contributed by atoms with Crippen LogP contribution >= 0.6 is 0 Å². The maximum Gasteiger partial charge on any atom is 0.303 e. The Labute approximate surface area is 91.3 Å². The summed E-state index contributed by atoms with van der Waals surface area (Å²) in [6.07, 6.45) is 2.10. The van der Waals surface area contributed by atoms with Gasteiger partial charge in [-0.05, 0) is 18.8 Å². The van der Waals surface area contributed by atoms with Crippen molar-refractivity contribution < 1.29 is 14.7 Å². The van der Waals surface area contributed by atoms with E-state index in [9.17, 15) is 9.59 Å². The topological polar surface area (TPSA) is 57.6 Å². The number of amides is 1. The average molecular weight is 215 g/mol. The molecule has 0 saturated heterocycles. The number of rotatable bonds is 7. The van der Waals surface area contributed by atoms with E-state index in [1.54, 1.807) is 11.9 Å². The molecule has 0 radical (unpaired) electrons. The van der Waals surface area contributed by atoms with Gasteiger partial charge in [-0.15, -0.1) is 0 Å². The maximum atomic E-state index is 11.4. The van der Waals surface area contributed by atoms with Gasteiger partial charge in [-0.1, -0.05) is 13.8 Å². The Morgan fingerprint density at radius 2 is 1.87 bits per heavy atom. The van der Waals surface area contributed by atoms with Crippen LogP contribution < -0.4 is 0 Å². The summed E-state index contributed by atoms with van der Waals surface area (Å²) in [5.41, 5.74) is 0. The molecule has 88 valence electrons. The lowest BCUT2D eigenvalue weighted by molar-refractivity contribution is -0.140. The molecule has 0 unspecified atom stereocenters. The first kappa shape index (κ1) is 13.9. The van der Waals surface area contributed by atoms with E-state index < -0.39 is 5.97 Å². The van der Waals surface area contributed by atoms with Gasteiger partial charge in [-0.25, -0.2) is 0 Å². The second-order valence-electron chi connectivity index (χ2n) is 4.25. The van der Waals surface area contributed by atoms with Gasteiger partial charge < -0.3 is 10.0 Å². The molecule has 1 amide bonds. The van der Waals surface area contributed by atoms with E-state index in [2.05, 4.69) is 13.8 Å². The number of carboxylic acids is 1. The van der Waals surface area contributed by atoms with Gasteiger partial charge in [0.2, 0.25) is 5.91 Å². The van der Waals surface area contributed by atoms with Gasteiger partial charge in [-0.2, -0.15) is 0 Å². The summed E-state index contributed by atoms with van der Waals surface area (Å²) < 4.78 is 0. The molecule has 0 rings (SSSR count). The number of aliphatic carboxylic acids is 1. The minimum Gasteiger partial charge on any atom is -0.481 e. The summed E-state index contributed by atoms with van der Waals surface area (Å²) in [6.45, 7) is 5.01. The van der Waals surface area contributed by atoms with Gasteiger partial charge >= 0.3 is 5.97 Å². The fraction of sp³-hybridized carbons (Fsp3) is 0.818. The van der Waals surface area contributed by atoms with E-state index in [1.807, 2.05) is 0 Å². The van der Waals surface area contributed by atoms with Crippen LogP contribution in [0.4, 0.5) is 0 Å². The van der Waals surface area contributed by atoms with Crippen LogP contribution in [-0.4, -0.2) is 35.5 Å². The molecule has 0 aromatic heterocycles. The van der Waals surface area contributed by atoms with E-state index in [4.69, 9.17) is 5.11 Å². The van der Waals surface area contributed by atoms with Gasteiger partial charge in [0, 0.05) is 20.0 Å². The molecule has 0 fully saturated rings. The second kappa shape index (κ2) is 7.26. The highest BCUT2D eigenvalue weighted by Crippen LogP contribution is 2.05. The van der Waals surface area contributed by atoms with Crippen LogP contribution in [0.1, 0.15) is 39.5 Å². The highest BCUT2D eigenvalue weighted by molar-refractivity contribution is 5.80. The first-order valence-electron chi connectivity index (χ1n) is 5.39. The molecule has 1 N–H and O–H groups in total. The number of carbonyl (C=O) groups is 2. The Bertz CT molecular complexity index is 214. The Balaban J connectivity index is 3.64. The second-order valence-corrected chi connectivity index (χ2v) is 4.25. The lowest BCUT2D eigenvalue weighted by atomic mass is 10.1. The van der Waals surface area contributed by atoms with Crippen LogP contribution in [0.2, 0.25) is 0 Å². The fourth-order valence-electron chi connectivity index (χ4n) is 1.27. The van der Waals surface area contributed by atoms with E-state index in [0.717, 1.165) is 19.4 Å². The molecular weight excluding hydrogens is 194 g/mol. The summed E-state index contributed by atoms with van der Waals surface area (Å²) in [4.78, 5) is 23.3. The SMILES string of the molecule is CC(C)CCCN(C)C(=O)CCC(=O)O. The van der Waals surface area contributed by atoms with Gasteiger partial charge in [0.25, 0.3) is 0 Å². The third-order valence-electron chi connectivity index (χ3n) is 2.25. The minimum absolute atomic E-state index is 0.0760. The molecule has 0 heterocycles. The zero-order chi connectivity index (χ0) is 11.8. The van der Waals surface area contributed by atoms with Crippen molar-refractivity contribution >= 4 is 11.9 Å². The molecule has 0 saturated carbocycles. The largest absolute Gasteiger partial charge is 0.481 e. The molecule has 0 atom stereocenters. The van der Waals surface area contributed by atoms with Crippen molar-refractivity contribution in [3.8, 4) is 0 Å². The van der Waals surface area contributed by atoms with Gasteiger partial charge in [0.05, 0.1) is 6.42 Å². The third-order valence-corrected chi connectivity index (χ3v) is 2.25. The molecule has 0 bridgehead atoms. The van der Waals surface area contributed by atoms with Crippen molar-refractivity contribution in [2.24, 2.45) is 5.92 Å². The first-order chi connectivity index (χ1) is 6.93. The molecule has 0 aliphatic rings. The molecule has 0 aliphatic heterocycles. The Hall–Kier alpha value is -1.06. The first-order valence-corrected chi connectivity index (χ1v) is 5.39. The summed E-state index contributed by atoms with van der Waals surface area (Å²) in [6, 6.07) is 0. The van der Waals surface area contributed by atoms with Gasteiger partial charge in [0.15, 0.2) is 0 Å². The zero-order valence-corrected chi connectivity index (χ0v) is 9.82. The molecular formula is C11H21NO3. The summed E-state index contributed by atoms with van der Waals surface area (Å²) in [5, 5.41) is 8.42. The number of hydrogen-bond donors (Lipinski definition) is 1. The van der Waals surface area contributed by atoms with Crippen molar-refractivity contribution in [2.75, 3.05) is 13.6 Å². The molecule has 0 aromatic rings. The lowest BCUT2D eigenvalue weighted by Crippen LogP contribution is -2.28. The van der Waals surface area contributed by atoms with E-state index >= 15 is 0 Å². The van der Waals surface area contributed by atoms with Crippen LogP contribution in [0.3, 0.4) is 0 Å². The monoisotopic (exact) mass is 215 g/mol. The summed E-state index contributed by atoms with van der Waals surface area (Å²) in [5.74, 6) is -0.354. The van der Waals surface area contributed by atoms with E-state index in [0.29, 0.717) is 5.92 Å². The van der Waals surface area contributed by atoms with Crippen LogP contribution in [0.25, 0.3) is 0 Å². The molecule has 0 aromatic carbocycles. The summed E-state index contributed by atoms with van der Waals surface area (Å²) >= 11 is 0. The smallest absolute Gasteiger partial charge is 0.303 e. The van der Waals surface area contributed by atoms with Crippen LogP contribution in [0.15, 0.2) is 0 Å². The molecule has 0 aliphatic carbocycles. The Morgan fingerprint density at radius 3 is 2.33 bits per heavy atom. The predicted octanol–water partition coefficient (Wildman–Crippen LogP) is 1.75. The van der Waals surface area contributed by atoms with Crippen molar-refractivity contribution in [3.05, 3.63) is 0 Å². The van der Waals surface area contributed by atoms with Crippen molar-refractivity contribution in [1.82, 2.24) is 4.90 Å². The molecule has 15 heavy (non-hydrogen) atoms. The predicted molar refractivity (Wildman–Crippen MR) is 58.6 cm³/mol. The van der Waals surface area contributed by atoms with Crippen molar-refractivity contribution in [2.45, 2.75) is 39.5 Å². The quantitative estimate of drug-likeness (QED) is 0.703. The number of carbonyl (C=O) groups excluding carboxylic acids is 1. The number of carboxylic acid groups (broad SMARTS) is 1. The summed E-state index contributed by atoms with van der Waals surface area (Å²) in [7, 11) is 1.73. The Morgan fingerprint density at radius 1 is 1.27 bits per heavy atom. The van der Waals surface area contributed by atoms with E-state index in [-0.39, 0.29) is 18.7 Å². The van der Waals surface area contributed by atoms with Crippen LogP contribution in [0, 0.1) is 5.92 Å². The highest BCUT2D eigenvalue weighted by Gasteiger charge is 2.10. The maximum absolute atomic E-state index is 11.4. The third kappa shape index (κ3) is 7.97. The number of hydrogen-bond acceptors (Lipinski definition) is 2. The Kier molecular flexibility index (Phi) is 6.75. The fourth-order valence-corrected chi connectivity index (χ4v) is 1.27.